The number of nitrogens with two attached hydrogens (primary N) is 1. The van der Waals surface area contributed by atoms with Crippen LogP contribution < -0.4 is 5.73 Å². The molecule has 0 aliphatic carbocycles. The molecular weight excluding hydrogens is 204 g/mol. The lowest BCUT2D eigenvalue weighted by Crippen LogP contribution is -2.13. The second-order valence-corrected chi connectivity index (χ2v) is 5.06. The Morgan fingerprint density at radius 3 is 2.47 bits per heavy atom. The third-order valence-corrected chi connectivity index (χ3v) is 3.26. The van der Waals surface area contributed by atoms with Crippen molar-refractivity contribution in [2.75, 3.05) is 32.1 Å². The molecule has 0 amide bonds. The highest BCUT2D eigenvalue weighted by molar-refractivity contribution is 7.98. The molecule has 0 spiro atoms. The number of nitrogens with zero attached hydrogens (tertiary/aromatic N) is 1. The van der Waals surface area contributed by atoms with Crippen LogP contribution in [-0.4, -0.2) is 31.3 Å². The van der Waals surface area contributed by atoms with Crippen LogP contribution in [0.5, 0.6) is 0 Å². The van der Waals surface area contributed by atoms with Gasteiger partial charge in [0, 0.05) is 11.4 Å². The maximum absolute atomic E-state index is 5.62. The number of thioether (sulfide) groups is 1. The van der Waals surface area contributed by atoms with E-state index in [-0.39, 0.29) is 0 Å². The van der Waals surface area contributed by atoms with Crippen LogP contribution in [0.4, 0.5) is 5.69 Å². The summed E-state index contributed by atoms with van der Waals surface area (Å²) in [5.41, 5.74) is 7.83. The average molecular weight is 224 g/mol. The van der Waals surface area contributed by atoms with Gasteiger partial charge < -0.3 is 10.6 Å². The Bertz CT molecular complexity index is 269. The first-order chi connectivity index (χ1) is 7.18. The Balaban J connectivity index is 2.12. The molecule has 0 unspecified atom stereocenters. The normalized spacial score (nSPS) is 10.9. The van der Waals surface area contributed by atoms with Gasteiger partial charge in [-0.05, 0) is 50.5 Å². The van der Waals surface area contributed by atoms with E-state index in [2.05, 4.69) is 31.1 Å². The van der Waals surface area contributed by atoms with E-state index in [1.165, 1.54) is 24.3 Å². The highest BCUT2D eigenvalue weighted by atomic mass is 32.2. The predicted molar refractivity (Wildman–Crippen MR) is 70.2 cm³/mol. The second-order valence-electron chi connectivity index (χ2n) is 3.95. The van der Waals surface area contributed by atoms with E-state index in [1.807, 2.05) is 23.9 Å². The first kappa shape index (κ1) is 12.4. The Kier molecular flexibility index (Phi) is 5.58. The fourth-order valence-electron chi connectivity index (χ4n) is 1.29. The molecule has 0 aliphatic heterocycles. The molecule has 1 rings (SSSR count). The monoisotopic (exact) mass is 224 g/mol. The molecule has 0 saturated carbocycles. The van der Waals surface area contributed by atoms with Crippen molar-refractivity contribution < 1.29 is 0 Å². The van der Waals surface area contributed by atoms with Gasteiger partial charge in [0.1, 0.15) is 0 Å². The van der Waals surface area contributed by atoms with Crippen molar-refractivity contribution >= 4 is 17.4 Å². The molecule has 2 N–H and O–H groups in total. The Labute approximate surface area is 96.8 Å². The number of nitrogen functional groups attached to an aromatic ring is 1. The molecule has 2 nitrogen and oxygen atoms in total. The van der Waals surface area contributed by atoms with Crippen LogP contribution in [0.25, 0.3) is 0 Å². The Morgan fingerprint density at radius 1 is 1.20 bits per heavy atom. The van der Waals surface area contributed by atoms with Crippen molar-refractivity contribution in [2.45, 2.75) is 12.2 Å². The zero-order valence-corrected chi connectivity index (χ0v) is 10.4. The quantitative estimate of drug-likeness (QED) is 0.594. The first-order valence-electron chi connectivity index (χ1n) is 5.25. The molecule has 1 aromatic carbocycles. The smallest absolute Gasteiger partial charge is 0.0314 e. The average Bonchev–Trinajstić information content (AvgIpc) is 2.20. The van der Waals surface area contributed by atoms with Gasteiger partial charge in [-0.3, -0.25) is 0 Å². The van der Waals surface area contributed by atoms with Gasteiger partial charge in [-0.15, -0.1) is 0 Å². The Hall–Kier alpha value is -0.670. The molecule has 0 fully saturated rings. The summed E-state index contributed by atoms with van der Waals surface area (Å²) >= 11 is 1.99. The SMILES string of the molecule is CN(C)CCCSCc1ccc(N)cc1. The molecule has 0 radical (unpaired) electrons. The van der Waals surface area contributed by atoms with Crippen molar-refractivity contribution in [3.8, 4) is 0 Å². The highest BCUT2D eigenvalue weighted by Gasteiger charge is 1.94. The van der Waals surface area contributed by atoms with E-state index in [0.29, 0.717) is 0 Å². The maximum atomic E-state index is 5.62. The van der Waals surface area contributed by atoms with Crippen molar-refractivity contribution in [3.63, 3.8) is 0 Å². The van der Waals surface area contributed by atoms with Gasteiger partial charge in [-0.2, -0.15) is 11.8 Å². The van der Waals surface area contributed by atoms with Crippen LogP contribution >= 0.6 is 11.8 Å². The van der Waals surface area contributed by atoms with Crippen LogP contribution in [0.15, 0.2) is 24.3 Å². The van der Waals surface area contributed by atoms with Gasteiger partial charge in [-0.25, -0.2) is 0 Å². The predicted octanol–water partition coefficient (Wildman–Crippen LogP) is 2.45. The van der Waals surface area contributed by atoms with Gasteiger partial charge in [0.25, 0.3) is 0 Å². The summed E-state index contributed by atoms with van der Waals surface area (Å²) in [4.78, 5) is 2.23. The summed E-state index contributed by atoms with van der Waals surface area (Å²) in [6.07, 6.45) is 1.26. The zero-order valence-electron chi connectivity index (χ0n) is 9.57. The number of hydrogen-bond donors (Lipinski definition) is 1. The van der Waals surface area contributed by atoms with Crippen molar-refractivity contribution in [1.82, 2.24) is 4.90 Å². The lowest BCUT2D eigenvalue weighted by atomic mass is 10.2. The molecule has 0 atom stereocenters. The van der Waals surface area contributed by atoms with Gasteiger partial charge >= 0.3 is 0 Å². The number of rotatable bonds is 6. The number of hydrogen-bond acceptors (Lipinski definition) is 3. The molecule has 0 aliphatic rings. The lowest BCUT2D eigenvalue weighted by molar-refractivity contribution is 0.410. The third-order valence-electron chi connectivity index (χ3n) is 2.14. The van der Waals surface area contributed by atoms with E-state index in [1.54, 1.807) is 0 Å². The minimum absolute atomic E-state index is 0.844. The van der Waals surface area contributed by atoms with Crippen molar-refractivity contribution in [2.24, 2.45) is 0 Å². The first-order valence-corrected chi connectivity index (χ1v) is 6.41. The summed E-state index contributed by atoms with van der Waals surface area (Å²) in [5, 5.41) is 0. The summed E-state index contributed by atoms with van der Waals surface area (Å²) in [6.45, 7) is 1.18. The molecule has 84 valence electrons. The van der Waals surface area contributed by atoms with Gasteiger partial charge in [-0.1, -0.05) is 12.1 Å². The summed E-state index contributed by atoms with van der Waals surface area (Å²) in [5.74, 6) is 2.32. The molecule has 0 bridgehead atoms. The van der Waals surface area contributed by atoms with E-state index in [9.17, 15) is 0 Å². The fourth-order valence-corrected chi connectivity index (χ4v) is 2.19. The maximum Gasteiger partial charge on any atom is 0.0314 e. The lowest BCUT2D eigenvalue weighted by Gasteiger charge is -2.08. The minimum Gasteiger partial charge on any atom is -0.399 e. The number of benzene rings is 1. The van der Waals surface area contributed by atoms with Gasteiger partial charge in [0.2, 0.25) is 0 Å². The van der Waals surface area contributed by atoms with Crippen LogP contribution in [-0.2, 0) is 5.75 Å². The third kappa shape index (κ3) is 5.70. The van der Waals surface area contributed by atoms with Crippen LogP contribution in [0.2, 0.25) is 0 Å². The van der Waals surface area contributed by atoms with Crippen molar-refractivity contribution in [1.29, 1.82) is 0 Å². The van der Waals surface area contributed by atoms with E-state index in [0.717, 1.165) is 11.4 Å². The topological polar surface area (TPSA) is 29.3 Å². The van der Waals surface area contributed by atoms with Gasteiger partial charge in [0.15, 0.2) is 0 Å². The fraction of sp³-hybridized carbons (Fsp3) is 0.500. The summed E-state index contributed by atoms with van der Waals surface area (Å²) in [6, 6.07) is 8.15. The zero-order chi connectivity index (χ0) is 11.1. The highest BCUT2D eigenvalue weighted by Crippen LogP contribution is 2.14. The van der Waals surface area contributed by atoms with Gasteiger partial charge in [0.05, 0.1) is 0 Å². The summed E-state index contributed by atoms with van der Waals surface area (Å²) < 4.78 is 0. The van der Waals surface area contributed by atoms with E-state index in [4.69, 9.17) is 5.73 Å². The molecule has 0 aromatic heterocycles. The standard InChI is InChI=1S/C12H20N2S/c1-14(2)8-3-9-15-10-11-4-6-12(13)7-5-11/h4-7H,3,8-10,13H2,1-2H3. The molecule has 3 heteroatoms. The molecule has 0 heterocycles. The van der Waals surface area contributed by atoms with Crippen LogP contribution in [0.3, 0.4) is 0 Å². The van der Waals surface area contributed by atoms with E-state index >= 15 is 0 Å². The number of anilines is 1. The molecule has 0 saturated heterocycles. The molecule has 15 heavy (non-hydrogen) atoms. The van der Waals surface area contributed by atoms with Crippen molar-refractivity contribution in [3.05, 3.63) is 29.8 Å². The largest absolute Gasteiger partial charge is 0.399 e. The Morgan fingerprint density at radius 2 is 1.87 bits per heavy atom. The molecule has 1 aromatic rings. The summed E-state index contributed by atoms with van der Waals surface area (Å²) in [7, 11) is 4.23. The van der Waals surface area contributed by atoms with Crippen LogP contribution in [0, 0.1) is 0 Å². The van der Waals surface area contributed by atoms with E-state index < -0.39 is 0 Å². The van der Waals surface area contributed by atoms with Crippen LogP contribution in [0.1, 0.15) is 12.0 Å². The molecular formula is C12H20N2S. The second kappa shape index (κ2) is 6.75. The minimum atomic E-state index is 0.844.